The lowest BCUT2D eigenvalue weighted by molar-refractivity contribution is 0.0994. The first-order valence-electron chi connectivity index (χ1n) is 5.91. The Hall–Kier alpha value is -2.30. The van der Waals surface area contributed by atoms with E-state index in [9.17, 15) is 4.79 Å². The number of nitrogens with one attached hydrogen (secondary N) is 1. The molecule has 1 aromatic heterocycles. The Labute approximate surface area is 111 Å². The molecule has 100 valence electrons. The van der Waals surface area contributed by atoms with E-state index in [0.717, 1.165) is 5.56 Å². The summed E-state index contributed by atoms with van der Waals surface area (Å²) in [5, 5.41) is 2.78. The molecule has 5 heteroatoms. The summed E-state index contributed by atoms with van der Waals surface area (Å²) in [6, 6.07) is 5.57. The fourth-order valence-electron chi connectivity index (χ4n) is 1.84. The van der Waals surface area contributed by atoms with E-state index in [0.29, 0.717) is 23.0 Å². The van der Waals surface area contributed by atoms with Gasteiger partial charge in [0.2, 0.25) is 5.76 Å². The van der Waals surface area contributed by atoms with Gasteiger partial charge in [-0.1, -0.05) is 6.07 Å². The lowest BCUT2D eigenvalue weighted by atomic mass is 10.2. The average molecular weight is 260 g/mol. The first-order chi connectivity index (χ1) is 9.01. The molecule has 0 saturated carbocycles. The van der Waals surface area contributed by atoms with Crippen LogP contribution in [0.15, 0.2) is 22.6 Å². The molecule has 5 nitrogen and oxygen atoms in total. The molecule has 0 aliphatic carbocycles. The van der Waals surface area contributed by atoms with Crippen molar-refractivity contribution >= 4 is 11.6 Å². The number of carbonyl (C=O) groups is 1. The molecular formula is C14H16N2O3. The van der Waals surface area contributed by atoms with Crippen molar-refractivity contribution in [2.45, 2.75) is 20.8 Å². The van der Waals surface area contributed by atoms with Crippen LogP contribution in [0.25, 0.3) is 0 Å². The molecule has 0 bridgehead atoms. The Morgan fingerprint density at radius 2 is 2.05 bits per heavy atom. The summed E-state index contributed by atoms with van der Waals surface area (Å²) in [5.41, 5.74) is 2.21. The van der Waals surface area contributed by atoms with Crippen LogP contribution in [-0.2, 0) is 0 Å². The van der Waals surface area contributed by atoms with E-state index in [1.807, 2.05) is 25.1 Å². The Morgan fingerprint density at radius 1 is 1.32 bits per heavy atom. The third-order valence-electron chi connectivity index (χ3n) is 2.71. The maximum absolute atomic E-state index is 12.1. The maximum Gasteiger partial charge on any atom is 0.293 e. The van der Waals surface area contributed by atoms with Crippen molar-refractivity contribution in [3.8, 4) is 5.75 Å². The number of benzene rings is 1. The van der Waals surface area contributed by atoms with Crippen molar-refractivity contribution in [2.24, 2.45) is 0 Å². The fourth-order valence-corrected chi connectivity index (χ4v) is 1.84. The third-order valence-corrected chi connectivity index (χ3v) is 2.71. The molecule has 0 unspecified atom stereocenters. The topological polar surface area (TPSA) is 64.4 Å². The molecular weight excluding hydrogens is 244 g/mol. The molecule has 2 rings (SSSR count). The monoisotopic (exact) mass is 260 g/mol. The number of nitrogens with zero attached hydrogens (tertiary/aromatic N) is 1. The van der Waals surface area contributed by atoms with Gasteiger partial charge in [-0.05, 0) is 31.5 Å². The van der Waals surface area contributed by atoms with Gasteiger partial charge in [0.1, 0.15) is 5.75 Å². The third kappa shape index (κ3) is 2.76. The number of ether oxygens (including phenoxy) is 1. The first-order valence-corrected chi connectivity index (χ1v) is 5.91. The van der Waals surface area contributed by atoms with Crippen LogP contribution >= 0.6 is 0 Å². The molecule has 0 atom stereocenters. The van der Waals surface area contributed by atoms with Crippen molar-refractivity contribution < 1.29 is 13.9 Å². The molecule has 0 spiro atoms. The second-order valence-electron chi connectivity index (χ2n) is 4.31. The Bertz CT molecular complexity index is 617. The second-order valence-corrected chi connectivity index (χ2v) is 4.31. The van der Waals surface area contributed by atoms with E-state index in [1.165, 1.54) is 0 Å². The summed E-state index contributed by atoms with van der Waals surface area (Å²) >= 11 is 0. The van der Waals surface area contributed by atoms with Crippen LogP contribution in [0.2, 0.25) is 0 Å². The largest absolute Gasteiger partial charge is 0.495 e. The van der Waals surface area contributed by atoms with Crippen LogP contribution in [0.3, 0.4) is 0 Å². The lowest BCUT2D eigenvalue weighted by Gasteiger charge is -2.10. The van der Waals surface area contributed by atoms with Gasteiger partial charge in [0.15, 0.2) is 5.89 Å². The number of methoxy groups -OCH3 is 1. The Kier molecular flexibility index (Phi) is 3.55. The van der Waals surface area contributed by atoms with Crippen molar-refractivity contribution in [2.75, 3.05) is 12.4 Å². The number of hydrogen-bond acceptors (Lipinski definition) is 4. The Balaban J connectivity index is 2.28. The van der Waals surface area contributed by atoms with E-state index in [1.54, 1.807) is 21.0 Å². The molecule has 0 aliphatic heterocycles. The number of aryl methyl sites for hydroxylation is 3. The van der Waals surface area contributed by atoms with Crippen LogP contribution in [0.5, 0.6) is 5.75 Å². The van der Waals surface area contributed by atoms with E-state index >= 15 is 0 Å². The minimum atomic E-state index is -0.331. The molecule has 1 N–H and O–H groups in total. The minimum Gasteiger partial charge on any atom is -0.495 e. The number of oxazole rings is 1. The molecule has 1 heterocycles. The lowest BCUT2D eigenvalue weighted by Crippen LogP contribution is -2.13. The number of amides is 1. The van der Waals surface area contributed by atoms with Crippen molar-refractivity contribution in [3.05, 3.63) is 41.1 Å². The van der Waals surface area contributed by atoms with E-state index < -0.39 is 0 Å². The zero-order valence-corrected chi connectivity index (χ0v) is 11.4. The predicted molar refractivity (Wildman–Crippen MR) is 71.7 cm³/mol. The quantitative estimate of drug-likeness (QED) is 0.921. The van der Waals surface area contributed by atoms with Crippen LogP contribution in [0, 0.1) is 20.8 Å². The van der Waals surface area contributed by atoms with Crippen LogP contribution in [-0.4, -0.2) is 18.0 Å². The number of rotatable bonds is 3. The van der Waals surface area contributed by atoms with Gasteiger partial charge >= 0.3 is 0 Å². The van der Waals surface area contributed by atoms with Crippen molar-refractivity contribution in [1.29, 1.82) is 0 Å². The van der Waals surface area contributed by atoms with E-state index in [4.69, 9.17) is 9.15 Å². The molecule has 0 fully saturated rings. The molecule has 1 aromatic carbocycles. The highest BCUT2D eigenvalue weighted by atomic mass is 16.5. The molecule has 0 radical (unpaired) electrons. The van der Waals surface area contributed by atoms with Gasteiger partial charge in [0, 0.05) is 6.92 Å². The highest BCUT2D eigenvalue weighted by Crippen LogP contribution is 2.26. The smallest absolute Gasteiger partial charge is 0.293 e. The van der Waals surface area contributed by atoms with Crippen molar-refractivity contribution in [3.63, 3.8) is 0 Å². The maximum atomic E-state index is 12.1. The van der Waals surface area contributed by atoms with E-state index in [-0.39, 0.29) is 11.7 Å². The predicted octanol–water partition coefficient (Wildman–Crippen LogP) is 2.86. The van der Waals surface area contributed by atoms with Crippen molar-refractivity contribution in [1.82, 2.24) is 4.98 Å². The fraction of sp³-hybridized carbons (Fsp3) is 0.286. The average Bonchev–Trinajstić information content (AvgIpc) is 2.69. The highest BCUT2D eigenvalue weighted by Gasteiger charge is 2.17. The number of aromatic nitrogens is 1. The molecule has 19 heavy (non-hydrogen) atoms. The summed E-state index contributed by atoms with van der Waals surface area (Å²) in [6.45, 7) is 5.38. The van der Waals surface area contributed by atoms with E-state index in [2.05, 4.69) is 10.3 Å². The van der Waals surface area contributed by atoms with Gasteiger partial charge in [-0.15, -0.1) is 0 Å². The van der Waals surface area contributed by atoms with Crippen LogP contribution < -0.4 is 10.1 Å². The summed E-state index contributed by atoms with van der Waals surface area (Å²) in [7, 11) is 1.56. The van der Waals surface area contributed by atoms with Gasteiger partial charge in [0.25, 0.3) is 5.91 Å². The standard InChI is InChI=1S/C14H16N2O3/c1-8-5-6-12(18-4)11(7-8)16-14(17)13-9(2)15-10(3)19-13/h5-7H,1-4H3,(H,16,17). The zero-order chi connectivity index (χ0) is 14.0. The number of carbonyl (C=O) groups excluding carboxylic acids is 1. The summed E-state index contributed by atoms with van der Waals surface area (Å²) in [5.74, 6) is 0.967. The highest BCUT2D eigenvalue weighted by molar-refractivity contribution is 6.03. The first kappa shape index (κ1) is 13.1. The minimum absolute atomic E-state index is 0.223. The summed E-state index contributed by atoms with van der Waals surface area (Å²) in [6.07, 6.45) is 0. The molecule has 0 aliphatic rings. The molecule has 1 amide bonds. The van der Waals surface area contributed by atoms with Crippen LogP contribution in [0.4, 0.5) is 5.69 Å². The summed E-state index contributed by atoms with van der Waals surface area (Å²) < 4.78 is 10.5. The van der Waals surface area contributed by atoms with Crippen LogP contribution in [0.1, 0.15) is 27.7 Å². The molecule has 0 saturated heterocycles. The number of anilines is 1. The van der Waals surface area contributed by atoms with Gasteiger partial charge in [0.05, 0.1) is 18.5 Å². The number of hydrogen-bond donors (Lipinski definition) is 1. The summed E-state index contributed by atoms with van der Waals surface area (Å²) in [4.78, 5) is 16.2. The molecule has 2 aromatic rings. The Morgan fingerprint density at radius 3 is 2.63 bits per heavy atom. The normalized spacial score (nSPS) is 10.3. The van der Waals surface area contributed by atoms with Gasteiger partial charge in [-0.2, -0.15) is 0 Å². The SMILES string of the molecule is COc1ccc(C)cc1NC(=O)c1oc(C)nc1C. The van der Waals surface area contributed by atoms with Gasteiger partial charge in [-0.25, -0.2) is 4.98 Å². The zero-order valence-electron chi connectivity index (χ0n) is 11.4. The second kappa shape index (κ2) is 5.14. The van der Waals surface area contributed by atoms with Gasteiger partial charge < -0.3 is 14.5 Å². The van der Waals surface area contributed by atoms with Gasteiger partial charge in [-0.3, -0.25) is 4.79 Å².